The van der Waals surface area contributed by atoms with Gasteiger partial charge in [0, 0.05) is 18.8 Å². The highest BCUT2D eigenvalue weighted by Crippen LogP contribution is 2.13. The summed E-state index contributed by atoms with van der Waals surface area (Å²) in [6.45, 7) is 5.19. The fraction of sp³-hybridized carbons (Fsp3) is 0.571. The molecule has 0 aromatic carbocycles. The molecule has 1 aromatic rings. The van der Waals surface area contributed by atoms with Gasteiger partial charge in [-0.25, -0.2) is 0 Å². The number of aryl methyl sites for hydroxylation is 2. The van der Waals surface area contributed by atoms with E-state index in [4.69, 9.17) is 0 Å². The first-order valence-corrected chi connectivity index (χ1v) is 6.59. The van der Waals surface area contributed by atoms with Crippen molar-refractivity contribution in [2.24, 2.45) is 0 Å². The van der Waals surface area contributed by atoms with Crippen molar-refractivity contribution in [3.05, 3.63) is 33.2 Å². The summed E-state index contributed by atoms with van der Waals surface area (Å²) in [5.41, 5.74) is 1.61. The van der Waals surface area contributed by atoms with Crippen LogP contribution in [0.2, 0.25) is 0 Å². The van der Waals surface area contributed by atoms with Gasteiger partial charge in [0.15, 0.2) is 0 Å². The lowest BCUT2D eigenvalue weighted by Gasteiger charge is -2.20. The number of amides is 1. The lowest BCUT2D eigenvalue weighted by Crippen LogP contribution is -2.36. The Morgan fingerprint density at radius 3 is 2.33 bits per heavy atom. The van der Waals surface area contributed by atoms with Crippen molar-refractivity contribution >= 4 is 5.91 Å². The number of H-pyrrole nitrogens is 1. The summed E-state index contributed by atoms with van der Waals surface area (Å²) in [5, 5.41) is 0. The number of rotatable bonds is 1. The molecule has 2 heterocycles. The monoisotopic (exact) mass is 248 g/mol. The number of nitrogens with zero attached hydrogens (tertiary/aromatic N) is 1. The molecule has 18 heavy (non-hydrogen) atoms. The molecule has 1 aliphatic heterocycles. The highest BCUT2D eigenvalue weighted by Gasteiger charge is 2.21. The zero-order valence-electron chi connectivity index (χ0n) is 11.1. The second kappa shape index (κ2) is 5.38. The molecule has 0 bridgehead atoms. The smallest absolute Gasteiger partial charge is 0.261 e. The second-order valence-corrected chi connectivity index (χ2v) is 5.05. The van der Waals surface area contributed by atoms with Crippen molar-refractivity contribution in [3.63, 3.8) is 0 Å². The maximum absolute atomic E-state index is 12.4. The first-order chi connectivity index (χ1) is 8.59. The maximum Gasteiger partial charge on any atom is 0.261 e. The van der Waals surface area contributed by atoms with Crippen LogP contribution in [0.4, 0.5) is 0 Å². The Bertz CT molecular complexity index is 497. The number of carbonyl (C=O) groups is 1. The van der Waals surface area contributed by atoms with Crippen LogP contribution in [0.5, 0.6) is 0 Å². The summed E-state index contributed by atoms with van der Waals surface area (Å²) < 4.78 is 0. The summed E-state index contributed by atoms with van der Waals surface area (Å²) in [5.74, 6) is -0.115. The zero-order chi connectivity index (χ0) is 13.1. The van der Waals surface area contributed by atoms with Gasteiger partial charge < -0.3 is 9.88 Å². The van der Waals surface area contributed by atoms with E-state index in [1.165, 1.54) is 12.8 Å². The van der Waals surface area contributed by atoms with Crippen LogP contribution < -0.4 is 5.56 Å². The predicted octanol–water partition coefficient (Wildman–Crippen LogP) is 2.01. The average molecular weight is 248 g/mol. The molecule has 0 unspecified atom stereocenters. The summed E-state index contributed by atoms with van der Waals surface area (Å²) in [4.78, 5) is 28.9. The standard InChI is InChI=1S/C14H20N2O2/c1-10-9-11(2)15-13(17)12(10)14(18)16-7-5-3-4-6-8-16/h9H,3-8H2,1-2H3,(H,15,17). The topological polar surface area (TPSA) is 53.2 Å². The van der Waals surface area contributed by atoms with Gasteiger partial charge in [0.2, 0.25) is 0 Å². The Morgan fingerprint density at radius 1 is 1.17 bits per heavy atom. The van der Waals surface area contributed by atoms with E-state index in [1.807, 2.05) is 24.8 Å². The molecular formula is C14H20N2O2. The molecule has 98 valence electrons. The Hall–Kier alpha value is -1.58. The van der Waals surface area contributed by atoms with E-state index in [9.17, 15) is 9.59 Å². The van der Waals surface area contributed by atoms with Gasteiger partial charge >= 0.3 is 0 Å². The molecule has 1 amide bonds. The van der Waals surface area contributed by atoms with Gasteiger partial charge in [-0.2, -0.15) is 0 Å². The normalized spacial score (nSPS) is 16.4. The molecule has 1 aromatic heterocycles. The van der Waals surface area contributed by atoms with Crippen LogP contribution in [-0.2, 0) is 0 Å². The Labute approximate surface area is 107 Å². The van der Waals surface area contributed by atoms with Crippen LogP contribution in [0.25, 0.3) is 0 Å². The third-order valence-electron chi connectivity index (χ3n) is 3.47. The summed E-state index contributed by atoms with van der Waals surface area (Å²) in [6, 6.07) is 1.85. The van der Waals surface area contributed by atoms with E-state index in [1.54, 1.807) is 0 Å². The largest absolute Gasteiger partial charge is 0.338 e. The van der Waals surface area contributed by atoms with Crippen molar-refractivity contribution < 1.29 is 4.79 Å². The highest BCUT2D eigenvalue weighted by molar-refractivity contribution is 5.95. The number of aromatic amines is 1. The second-order valence-electron chi connectivity index (χ2n) is 5.05. The third kappa shape index (κ3) is 2.63. The summed E-state index contributed by atoms with van der Waals surface area (Å²) >= 11 is 0. The molecular weight excluding hydrogens is 228 g/mol. The molecule has 1 saturated heterocycles. The Morgan fingerprint density at radius 2 is 1.78 bits per heavy atom. The van der Waals surface area contributed by atoms with E-state index in [0.29, 0.717) is 5.56 Å². The molecule has 1 N–H and O–H groups in total. The summed E-state index contributed by atoms with van der Waals surface area (Å²) in [7, 11) is 0. The number of likely N-dealkylation sites (tertiary alicyclic amines) is 1. The first kappa shape index (κ1) is 12.9. The number of carbonyl (C=O) groups excluding carboxylic acids is 1. The van der Waals surface area contributed by atoms with Gasteiger partial charge in [0.1, 0.15) is 5.56 Å². The molecule has 2 rings (SSSR count). The molecule has 4 heteroatoms. The van der Waals surface area contributed by atoms with Gasteiger partial charge in [-0.05, 0) is 38.3 Å². The fourth-order valence-electron chi connectivity index (χ4n) is 2.55. The number of hydrogen-bond acceptors (Lipinski definition) is 2. The van der Waals surface area contributed by atoms with E-state index in [0.717, 1.165) is 37.2 Å². The van der Waals surface area contributed by atoms with Gasteiger partial charge in [0.05, 0.1) is 0 Å². The van der Waals surface area contributed by atoms with Crippen LogP contribution in [-0.4, -0.2) is 28.9 Å². The van der Waals surface area contributed by atoms with Crippen molar-refractivity contribution in [2.45, 2.75) is 39.5 Å². The van der Waals surface area contributed by atoms with E-state index >= 15 is 0 Å². The van der Waals surface area contributed by atoms with Crippen LogP contribution in [0.3, 0.4) is 0 Å². The Balaban J connectivity index is 2.30. The van der Waals surface area contributed by atoms with Crippen molar-refractivity contribution in [1.29, 1.82) is 0 Å². The first-order valence-electron chi connectivity index (χ1n) is 6.59. The number of pyridine rings is 1. The van der Waals surface area contributed by atoms with Gasteiger partial charge in [0.25, 0.3) is 11.5 Å². The van der Waals surface area contributed by atoms with Gasteiger partial charge in [-0.3, -0.25) is 9.59 Å². The van der Waals surface area contributed by atoms with E-state index in [-0.39, 0.29) is 11.5 Å². The molecule has 0 aliphatic carbocycles. The van der Waals surface area contributed by atoms with Crippen LogP contribution >= 0.6 is 0 Å². The predicted molar refractivity (Wildman–Crippen MR) is 70.9 cm³/mol. The molecule has 0 radical (unpaired) electrons. The number of aromatic nitrogens is 1. The average Bonchev–Trinajstić information content (AvgIpc) is 2.55. The lowest BCUT2D eigenvalue weighted by atomic mass is 10.1. The Kier molecular flexibility index (Phi) is 3.84. The van der Waals surface area contributed by atoms with Crippen LogP contribution in [0.1, 0.15) is 47.3 Å². The SMILES string of the molecule is Cc1cc(C)c(C(=O)N2CCCCCC2)c(=O)[nH]1. The highest BCUT2D eigenvalue weighted by atomic mass is 16.2. The number of hydrogen-bond donors (Lipinski definition) is 1. The van der Waals surface area contributed by atoms with E-state index < -0.39 is 0 Å². The van der Waals surface area contributed by atoms with Crippen molar-refractivity contribution in [2.75, 3.05) is 13.1 Å². The molecule has 0 saturated carbocycles. The minimum Gasteiger partial charge on any atom is -0.338 e. The molecule has 1 fully saturated rings. The van der Waals surface area contributed by atoms with Gasteiger partial charge in [-0.1, -0.05) is 12.8 Å². The molecule has 1 aliphatic rings. The minimum atomic E-state index is -0.262. The molecule has 4 nitrogen and oxygen atoms in total. The quantitative estimate of drug-likeness (QED) is 0.826. The van der Waals surface area contributed by atoms with E-state index in [2.05, 4.69) is 4.98 Å². The fourth-order valence-corrected chi connectivity index (χ4v) is 2.55. The van der Waals surface area contributed by atoms with Crippen molar-refractivity contribution in [3.8, 4) is 0 Å². The third-order valence-corrected chi connectivity index (χ3v) is 3.47. The summed E-state index contributed by atoms with van der Waals surface area (Å²) in [6.07, 6.45) is 4.42. The maximum atomic E-state index is 12.4. The van der Waals surface area contributed by atoms with Crippen LogP contribution in [0.15, 0.2) is 10.9 Å². The minimum absolute atomic E-state index is 0.115. The van der Waals surface area contributed by atoms with Crippen molar-refractivity contribution in [1.82, 2.24) is 9.88 Å². The molecule has 0 atom stereocenters. The number of nitrogens with one attached hydrogen (secondary N) is 1. The lowest BCUT2D eigenvalue weighted by molar-refractivity contribution is 0.0759. The van der Waals surface area contributed by atoms with Crippen LogP contribution in [0, 0.1) is 13.8 Å². The molecule has 0 spiro atoms. The zero-order valence-corrected chi connectivity index (χ0v) is 11.1. The van der Waals surface area contributed by atoms with Gasteiger partial charge in [-0.15, -0.1) is 0 Å².